The largest absolute Gasteiger partial charge is 0.356 e. The van der Waals surface area contributed by atoms with Gasteiger partial charge in [0.15, 0.2) is 5.82 Å². The third kappa shape index (κ3) is 2.65. The Kier molecular flexibility index (Phi) is 3.64. The molecule has 3 heterocycles. The summed E-state index contributed by atoms with van der Waals surface area (Å²) in [6.45, 7) is 3.90. The van der Waals surface area contributed by atoms with Gasteiger partial charge in [-0.1, -0.05) is 12.1 Å². The van der Waals surface area contributed by atoms with Crippen molar-refractivity contribution in [2.45, 2.75) is 32.2 Å². The molecule has 0 aliphatic carbocycles. The molecule has 0 atom stereocenters. The van der Waals surface area contributed by atoms with Crippen molar-refractivity contribution in [2.75, 3.05) is 18.0 Å². The fourth-order valence-corrected chi connectivity index (χ4v) is 2.37. The minimum atomic E-state index is 0.317. The predicted molar refractivity (Wildman–Crippen MR) is 76.3 cm³/mol. The third-order valence-corrected chi connectivity index (χ3v) is 3.64. The molecule has 106 valence electrons. The molecule has 3 rings (SSSR count). The number of hydrogen-bond donors (Lipinski definition) is 1. The van der Waals surface area contributed by atoms with Gasteiger partial charge in [0.05, 0.1) is 0 Å². The average molecular weight is 273 g/mol. The minimum absolute atomic E-state index is 0.317. The molecule has 6 nitrogen and oxygen atoms in total. The fraction of sp³-hybridized carbons (Fsp3) is 0.500. The summed E-state index contributed by atoms with van der Waals surface area (Å²) in [5.41, 5.74) is 6.85. The molecule has 0 saturated carbocycles. The van der Waals surface area contributed by atoms with E-state index in [2.05, 4.69) is 20.0 Å². The van der Waals surface area contributed by atoms with Crippen LogP contribution in [0, 0.1) is 0 Å². The van der Waals surface area contributed by atoms with Crippen LogP contribution >= 0.6 is 0 Å². The van der Waals surface area contributed by atoms with Crippen molar-refractivity contribution in [2.24, 2.45) is 5.73 Å². The zero-order chi connectivity index (χ0) is 13.9. The van der Waals surface area contributed by atoms with Crippen LogP contribution in [0.4, 0.5) is 5.82 Å². The van der Waals surface area contributed by atoms with E-state index in [1.54, 1.807) is 6.20 Å². The van der Waals surface area contributed by atoms with Gasteiger partial charge in [-0.3, -0.25) is 0 Å². The molecular weight excluding hydrogens is 254 g/mol. The van der Waals surface area contributed by atoms with Crippen LogP contribution in [0.25, 0.3) is 11.5 Å². The highest BCUT2D eigenvalue weighted by Gasteiger charge is 2.18. The normalized spacial score (nSPS) is 16.6. The predicted octanol–water partition coefficient (Wildman–Crippen LogP) is 1.62. The van der Waals surface area contributed by atoms with Crippen LogP contribution in [0.3, 0.4) is 0 Å². The van der Waals surface area contributed by atoms with Gasteiger partial charge < -0.3 is 15.2 Å². The van der Waals surface area contributed by atoms with E-state index in [9.17, 15) is 0 Å². The Morgan fingerprint density at radius 1 is 1.40 bits per heavy atom. The lowest BCUT2D eigenvalue weighted by molar-refractivity contribution is 0.423. The second-order valence-corrected chi connectivity index (χ2v) is 5.10. The number of nitrogens with two attached hydrogens (primary N) is 1. The molecule has 2 N–H and O–H groups in total. The number of pyridine rings is 1. The summed E-state index contributed by atoms with van der Waals surface area (Å²) in [5.74, 6) is 2.23. The van der Waals surface area contributed by atoms with E-state index in [1.807, 2.05) is 19.1 Å². The fourth-order valence-electron chi connectivity index (χ4n) is 2.37. The molecule has 2 aromatic heterocycles. The lowest BCUT2D eigenvalue weighted by Gasteiger charge is -2.31. The molecule has 20 heavy (non-hydrogen) atoms. The number of aromatic nitrogens is 3. The summed E-state index contributed by atoms with van der Waals surface area (Å²) in [4.78, 5) is 11.0. The highest BCUT2D eigenvalue weighted by atomic mass is 16.5. The molecule has 0 radical (unpaired) electrons. The van der Waals surface area contributed by atoms with E-state index in [-0.39, 0.29) is 0 Å². The SMILES string of the molecule is CCc1noc(-c2ccnc(N3CCC(N)CC3)c2)n1. The Labute approximate surface area is 118 Å². The summed E-state index contributed by atoms with van der Waals surface area (Å²) in [6.07, 6.45) is 4.57. The van der Waals surface area contributed by atoms with Crippen molar-refractivity contribution in [3.05, 3.63) is 24.2 Å². The van der Waals surface area contributed by atoms with Gasteiger partial charge in [0, 0.05) is 37.3 Å². The Morgan fingerprint density at radius 3 is 2.90 bits per heavy atom. The lowest BCUT2D eigenvalue weighted by Crippen LogP contribution is -2.40. The highest BCUT2D eigenvalue weighted by molar-refractivity contribution is 5.58. The molecule has 1 aliphatic rings. The maximum atomic E-state index is 5.93. The number of nitrogens with zero attached hydrogens (tertiary/aromatic N) is 4. The number of aryl methyl sites for hydroxylation is 1. The molecule has 0 spiro atoms. The zero-order valence-corrected chi connectivity index (χ0v) is 11.6. The van der Waals surface area contributed by atoms with Crippen molar-refractivity contribution in [1.82, 2.24) is 15.1 Å². The molecule has 0 amide bonds. The van der Waals surface area contributed by atoms with Crippen LogP contribution in [0.5, 0.6) is 0 Å². The van der Waals surface area contributed by atoms with Crippen molar-refractivity contribution >= 4 is 5.82 Å². The quantitative estimate of drug-likeness (QED) is 0.915. The first-order valence-corrected chi connectivity index (χ1v) is 7.06. The van der Waals surface area contributed by atoms with Crippen molar-refractivity contribution in [3.63, 3.8) is 0 Å². The molecule has 0 aromatic carbocycles. The third-order valence-electron chi connectivity index (χ3n) is 3.64. The molecule has 0 unspecified atom stereocenters. The van der Waals surface area contributed by atoms with Gasteiger partial charge in [0.25, 0.3) is 5.89 Å². The van der Waals surface area contributed by atoms with Gasteiger partial charge in [0.1, 0.15) is 5.82 Å². The van der Waals surface area contributed by atoms with E-state index < -0.39 is 0 Å². The maximum Gasteiger partial charge on any atom is 0.258 e. The van der Waals surface area contributed by atoms with Crippen LogP contribution < -0.4 is 10.6 Å². The minimum Gasteiger partial charge on any atom is -0.356 e. The molecule has 6 heteroatoms. The molecule has 1 fully saturated rings. The Hall–Kier alpha value is -1.95. The van der Waals surface area contributed by atoms with Crippen LogP contribution in [0.2, 0.25) is 0 Å². The van der Waals surface area contributed by atoms with E-state index in [4.69, 9.17) is 10.3 Å². The van der Waals surface area contributed by atoms with Crippen molar-refractivity contribution in [3.8, 4) is 11.5 Å². The summed E-state index contributed by atoms with van der Waals surface area (Å²) >= 11 is 0. The van der Waals surface area contributed by atoms with Crippen LogP contribution in [0.1, 0.15) is 25.6 Å². The average Bonchev–Trinajstić information content (AvgIpc) is 2.97. The second-order valence-electron chi connectivity index (χ2n) is 5.10. The van der Waals surface area contributed by atoms with Gasteiger partial charge in [-0.05, 0) is 25.0 Å². The summed E-state index contributed by atoms with van der Waals surface area (Å²) in [5, 5.41) is 3.93. The van der Waals surface area contributed by atoms with Gasteiger partial charge in [-0.15, -0.1) is 0 Å². The molecule has 1 saturated heterocycles. The standard InChI is InChI=1S/C14H19N5O/c1-2-12-17-14(20-18-12)10-3-6-16-13(9-10)19-7-4-11(15)5-8-19/h3,6,9,11H,2,4-5,7-8,15H2,1H3. The van der Waals surface area contributed by atoms with Gasteiger partial charge in [-0.25, -0.2) is 4.98 Å². The first-order valence-electron chi connectivity index (χ1n) is 7.06. The summed E-state index contributed by atoms with van der Waals surface area (Å²) in [7, 11) is 0. The summed E-state index contributed by atoms with van der Waals surface area (Å²) < 4.78 is 5.27. The Balaban J connectivity index is 1.82. The first-order chi connectivity index (χ1) is 9.76. The first kappa shape index (κ1) is 13.1. The van der Waals surface area contributed by atoms with E-state index in [0.29, 0.717) is 11.9 Å². The van der Waals surface area contributed by atoms with Crippen molar-refractivity contribution in [1.29, 1.82) is 0 Å². The number of hydrogen-bond acceptors (Lipinski definition) is 6. The topological polar surface area (TPSA) is 81.1 Å². The molecule has 0 bridgehead atoms. The van der Waals surface area contributed by atoms with Crippen LogP contribution in [0.15, 0.2) is 22.9 Å². The molecule has 2 aromatic rings. The summed E-state index contributed by atoms with van der Waals surface area (Å²) in [6, 6.07) is 4.22. The van der Waals surface area contributed by atoms with Gasteiger partial charge >= 0.3 is 0 Å². The highest BCUT2D eigenvalue weighted by Crippen LogP contribution is 2.23. The Bertz CT molecular complexity index is 574. The van der Waals surface area contributed by atoms with Crippen LogP contribution in [-0.4, -0.2) is 34.3 Å². The number of anilines is 1. The second kappa shape index (κ2) is 5.58. The van der Waals surface area contributed by atoms with E-state index in [0.717, 1.165) is 49.6 Å². The van der Waals surface area contributed by atoms with E-state index in [1.165, 1.54) is 0 Å². The molecular formula is C14H19N5O. The van der Waals surface area contributed by atoms with Crippen molar-refractivity contribution < 1.29 is 4.52 Å². The monoisotopic (exact) mass is 273 g/mol. The van der Waals surface area contributed by atoms with Gasteiger partial charge in [-0.2, -0.15) is 4.98 Å². The number of rotatable bonds is 3. The maximum absolute atomic E-state index is 5.93. The van der Waals surface area contributed by atoms with Crippen LogP contribution in [-0.2, 0) is 6.42 Å². The lowest BCUT2D eigenvalue weighted by atomic mass is 10.1. The molecule has 1 aliphatic heterocycles. The Morgan fingerprint density at radius 2 is 2.20 bits per heavy atom. The number of piperidine rings is 1. The van der Waals surface area contributed by atoms with Gasteiger partial charge in [0.2, 0.25) is 0 Å². The smallest absolute Gasteiger partial charge is 0.258 e. The van der Waals surface area contributed by atoms with E-state index >= 15 is 0 Å². The zero-order valence-electron chi connectivity index (χ0n) is 11.6.